The zero-order valence-corrected chi connectivity index (χ0v) is 19.0. The lowest BCUT2D eigenvalue weighted by Gasteiger charge is -2.17. The Hall–Kier alpha value is -3.05. The summed E-state index contributed by atoms with van der Waals surface area (Å²) in [4.78, 5) is 26.2. The molecule has 5 heteroatoms. The van der Waals surface area contributed by atoms with Crippen molar-refractivity contribution in [1.29, 1.82) is 0 Å². The van der Waals surface area contributed by atoms with Crippen LogP contribution in [0.1, 0.15) is 30.0 Å². The van der Waals surface area contributed by atoms with Gasteiger partial charge in [-0.05, 0) is 61.2 Å². The number of hydrogen-bond acceptors (Lipinski definition) is 3. The van der Waals surface area contributed by atoms with Gasteiger partial charge in [-0.1, -0.05) is 55.5 Å². The zero-order chi connectivity index (χ0) is 22.2. The van der Waals surface area contributed by atoms with Gasteiger partial charge in [-0.15, -0.1) is 11.8 Å². The molecule has 0 spiro atoms. The van der Waals surface area contributed by atoms with Crippen molar-refractivity contribution in [1.82, 2.24) is 0 Å². The monoisotopic (exact) mass is 432 g/mol. The SMILES string of the molecule is CCC(Sc1cccc(NC(=O)Cc2ccccc2)c1)C(=O)Nc1cc(C)ccc1C. The van der Waals surface area contributed by atoms with Crippen LogP contribution in [-0.2, 0) is 16.0 Å². The minimum Gasteiger partial charge on any atom is -0.326 e. The maximum absolute atomic E-state index is 12.9. The highest BCUT2D eigenvalue weighted by Gasteiger charge is 2.19. The van der Waals surface area contributed by atoms with E-state index in [2.05, 4.69) is 10.6 Å². The lowest BCUT2D eigenvalue weighted by atomic mass is 10.1. The van der Waals surface area contributed by atoms with Gasteiger partial charge in [-0.25, -0.2) is 0 Å². The number of thioether (sulfide) groups is 1. The molecule has 3 rings (SSSR count). The molecule has 2 N–H and O–H groups in total. The van der Waals surface area contributed by atoms with Crippen molar-refractivity contribution in [3.05, 3.63) is 89.5 Å². The quantitative estimate of drug-likeness (QED) is 0.430. The number of benzene rings is 3. The molecular weight excluding hydrogens is 404 g/mol. The Morgan fingerprint density at radius 1 is 0.903 bits per heavy atom. The van der Waals surface area contributed by atoms with Crippen molar-refractivity contribution in [3.63, 3.8) is 0 Å². The lowest BCUT2D eigenvalue weighted by molar-refractivity contribution is -0.116. The number of anilines is 2. The van der Waals surface area contributed by atoms with E-state index in [-0.39, 0.29) is 17.1 Å². The Balaban J connectivity index is 1.63. The highest BCUT2D eigenvalue weighted by Crippen LogP contribution is 2.29. The van der Waals surface area contributed by atoms with E-state index in [1.165, 1.54) is 11.8 Å². The van der Waals surface area contributed by atoms with Crippen molar-refractivity contribution in [2.24, 2.45) is 0 Å². The van der Waals surface area contributed by atoms with Crippen LogP contribution in [0.15, 0.2) is 77.7 Å². The highest BCUT2D eigenvalue weighted by molar-refractivity contribution is 8.00. The maximum atomic E-state index is 12.9. The molecule has 1 unspecified atom stereocenters. The molecule has 1 atom stereocenters. The van der Waals surface area contributed by atoms with Gasteiger partial charge in [0, 0.05) is 16.3 Å². The molecule has 0 aliphatic carbocycles. The molecule has 0 aliphatic heterocycles. The number of carbonyl (C=O) groups is 2. The summed E-state index contributed by atoms with van der Waals surface area (Å²) >= 11 is 1.51. The lowest BCUT2D eigenvalue weighted by Crippen LogP contribution is -2.25. The zero-order valence-electron chi connectivity index (χ0n) is 18.1. The normalized spacial score (nSPS) is 11.6. The van der Waals surface area contributed by atoms with Crippen molar-refractivity contribution < 1.29 is 9.59 Å². The number of rotatable bonds is 8. The second-order valence-corrected chi connectivity index (χ2v) is 8.84. The van der Waals surface area contributed by atoms with Crippen molar-refractivity contribution in [2.45, 2.75) is 43.8 Å². The number of aryl methyl sites for hydroxylation is 2. The van der Waals surface area contributed by atoms with Crippen LogP contribution in [0, 0.1) is 13.8 Å². The summed E-state index contributed by atoms with van der Waals surface area (Å²) in [5.41, 5.74) is 4.71. The topological polar surface area (TPSA) is 58.2 Å². The molecule has 31 heavy (non-hydrogen) atoms. The van der Waals surface area contributed by atoms with Gasteiger partial charge in [0.2, 0.25) is 11.8 Å². The van der Waals surface area contributed by atoms with E-state index in [9.17, 15) is 9.59 Å². The van der Waals surface area contributed by atoms with Crippen molar-refractivity contribution in [3.8, 4) is 0 Å². The van der Waals surface area contributed by atoms with Gasteiger partial charge in [-0.2, -0.15) is 0 Å². The summed E-state index contributed by atoms with van der Waals surface area (Å²) in [6.45, 7) is 6.01. The molecule has 0 bridgehead atoms. The molecule has 3 aromatic rings. The average Bonchev–Trinajstić information content (AvgIpc) is 2.75. The van der Waals surface area contributed by atoms with Crippen LogP contribution < -0.4 is 10.6 Å². The number of nitrogens with one attached hydrogen (secondary N) is 2. The fraction of sp³-hybridized carbons (Fsp3) is 0.231. The molecule has 0 fully saturated rings. The minimum atomic E-state index is -0.227. The fourth-order valence-corrected chi connectivity index (χ4v) is 4.22. The average molecular weight is 433 g/mol. The number of carbonyl (C=O) groups excluding carboxylic acids is 2. The molecule has 2 amide bonds. The Labute approximate surface area is 188 Å². The molecule has 0 aromatic heterocycles. The predicted molar refractivity (Wildman–Crippen MR) is 130 cm³/mol. The molecule has 0 saturated carbocycles. The molecule has 160 valence electrons. The van der Waals surface area contributed by atoms with Gasteiger partial charge in [0.1, 0.15) is 0 Å². The molecule has 0 heterocycles. The third kappa shape index (κ3) is 6.72. The van der Waals surface area contributed by atoms with E-state index in [4.69, 9.17) is 0 Å². The Kier molecular flexibility index (Phi) is 7.90. The van der Waals surface area contributed by atoms with Crippen LogP contribution in [0.5, 0.6) is 0 Å². The first-order valence-electron chi connectivity index (χ1n) is 10.4. The summed E-state index contributed by atoms with van der Waals surface area (Å²) in [5, 5.41) is 5.79. The van der Waals surface area contributed by atoms with Crippen LogP contribution in [0.2, 0.25) is 0 Å². The van der Waals surface area contributed by atoms with E-state index in [1.54, 1.807) is 0 Å². The van der Waals surface area contributed by atoms with Crippen LogP contribution in [0.25, 0.3) is 0 Å². The largest absolute Gasteiger partial charge is 0.326 e. The summed E-state index contributed by atoms with van der Waals surface area (Å²) in [6, 6.07) is 23.3. The van der Waals surface area contributed by atoms with Gasteiger partial charge in [0.05, 0.1) is 11.7 Å². The maximum Gasteiger partial charge on any atom is 0.237 e. The van der Waals surface area contributed by atoms with Gasteiger partial charge in [0.15, 0.2) is 0 Å². The fourth-order valence-electron chi connectivity index (χ4n) is 3.20. The van der Waals surface area contributed by atoms with E-state index in [1.807, 2.05) is 93.6 Å². The first kappa shape index (κ1) is 22.6. The molecule has 4 nitrogen and oxygen atoms in total. The third-order valence-corrected chi connectivity index (χ3v) is 6.28. The number of amides is 2. The van der Waals surface area contributed by atoms with E-state index >= 15 is 0 Å². The summed E-state index contributed by atoms with van der Waals surface area (Å²) in [7, 11) is 0. The molecule has 0 aliphatic rings. The molecular formula is C26H28N2O2S. The Morgan fingerprint density at radius 2 is 1.68 bits per heavy atom. The van der Waals surface area contributed by atoms with Gasteiger partial charge < -0.3 is 10.6 Å². The van der Waals surface area contributed by atoms with Crippen LogP contribution in [0.4, 0.5) is 11.4 Å². The van der Waals surface area contributed by atoms with E-state index in [0.717, 1.165) is 33.0 Å². The molecule has 0 saturated heterocycles. The Bertz CT molecular complexity index is 1050. The highest BCUT2D eigenvalue weighted by atomic mass is 32.2. The van der Waals surface area contributed by atoms with Crippen LogP contribution in [-0.4, -0.2) is 17.1 Å². The van der Waals surface area contributed by atoms with E-state index < -0.39 is 0 Å². The van der Waals surface area contributed by atoms with E-state index in [0.29, 0.717) is 12.8 Å². The minimum absolute atomic E-state index is 0.0142. The Morgan fingerprint density at radius 3 is 2.42 bits per heavy atom. The van der Waals surface area contributed by atoms with Crippen molar-refractivity contribution >= 4 is 35.0 Å². The van der Waals surface area contributed by atoms with Gasteiger partial charge in [0.25, 0.3) is 0 Å². The first-order chi connectivity index (χ1) is 14.9. The summed E-state index contributed by atoms with van der Waals surface area (Å²) < 4.78 is 0. The standard InChI is InChI=1S/C26H28N2O2S/c1-4-24(26(30)28-23-15-18(2)13-14-19(23)3)31-22-12-8-11-21(17-22)27-25(29)16-20-9-6-5-7-10-20/h5-15,17,24H,4,16H2,1-3H3,(H,27,29)(H,28,30). The third-order valence-electron chi connectivity index (χ3n) is 4.92. The molecule has 3 aromatic carbocycles. The van der Waals surface area contributed by atoms with Crippen LogP contribution >= 0.6 is 11.8 Å². The molecule has 0 radical (unpaired) electrons. The first-order valence-corrected chi connectivity index (χ1v) is 11.3. The summed E-state index contributed by atoms with van der Waals surface area (Å²) in [5.74, 6) is -0.0761. The summed E-state index contributed by atoms with van der Waals surface area (Å²) in [6.07, 6.45) is 1.03. The second-order valence-electron chi connectivity index (χ2n) is 7.56. The predicted octanol–water partition coefficient (Wildman–Crippen LogP) is 5.99. The van der Waals surface area contributed by atoms with Gasteiger partial charge >= 0.3 is 0 Å². The smallest absolute Gasteiger partial charge is 0.237 e. The van der Waals surface area contributed by atoms with Crippen LogP contribution in [0.3, 0.4) is 0 Å². The van der Waals surface area contributed by atoms with Crippen molar-refractivity contribution in [2.75, 3.05) is 10.6 Å². The number of hydrogen-bond donors (Lipinski definition) is 2. The second kappa shape index (κ2) is 10.8. The van der Waals surface area contributed by atoms with Gasteiger partial charge in [-0.3, -0.25) is 9.59 Å².